The Morgan fingerprint density at radius 1 is 1.53 bits per heavy atom. The van der Waals surface area contributed by atoms with Gasteiger partial charge in [0, 0.05) is 17.1 Å². The highest BCUT2D eigenvalue weighted by Gasteiger charge is 2.17. The number of carbonyl (C=O) groups excluding carboxylic acids is 1. The Labute approximate surface area is 109 Å². The molecule has 1 unspecified atom stereocenters. The zero-order valence-corrected chi connectivity index (χ0v) is 11.4. The first-order valence-electron chi connectivity index (χ1n) is 5.41. The van der Waals surface area contributed by atoms with Crippen LogP contribution in [0, 0.1) is 11.7 Å². The minimum absolute atomic E-state index is 0.0838. The molecule has 0 saturated carbocycles. The van der Waals surface area contributed by atoms with Crippen LogP contribution in [0.2, 0.25) is 0 Å². The summed E-state index contributed by atoms with van der Waals surface area (Å²) in [5, 5.41) is 2.83. The molecule has 94 valence electrons. The molecule has 5 heteroatoms. The van der Waals surface area contributed by atoms with Crippen molar-refractivity contribution in [2.24, 2.45) is 11.7 Å². The van der Waals surface area contributed by atoms with Crippen molar-refractivity contribution in [1.29, 1.82) is 0 Å². The van der Waals surface area contributed by atoms with Crippen molar-refractivity contribution in [3.05, 3.63) is 34.1 Å². The predicted octanol–water partition coefficient (Wildman–Crippen LogP) is 2.30. The number of nitrogens with two attached hydrogens (primary N) is 1. The molecule has 0 saturated heterocycles. The largest absolute Gasteiger partial charge is 0.348 e. The van der Waals surface area contributed by atoms with E-state index in [1.165, 1.54) is 18.2 Å². The van der Waals surface area contributed by atoms with Crippen molar-refractivity contribution < 1.29 is 9.18 Å². The van der Waals surface area contributed by atoms with Crippen molar-refractivity contribution in [3.8, 4) is 0 Å². The van der Waals surface area contributed by atoms with Crippen molar-refractivity contribution in [2.45, 2.75) is 19.9 Å². The standard InChI is InChI=1S/C12H16BrFN2O/c1-7(2)11(6-15)16-12(17)9-4-3-8(14)5-10(9)13/h3-5,7,11H,6,15H2,1-2H3,(H,16,17). The molecule has 0 aliphatic rings. The summed E-state index contributed by atoms with van der Waals surface area (Å²) in [4.78, 5) is 11.9. The maximum atomic E-state index is 12.9. The SMILES string of the molecule is CC(C)C(CN)NC(=O)c1ccc(F)cc1Br. The van der Waals surface area contributed by atoms with Crippen LogP contribution in [0.1, 0.15) is 24.2 Å². The van der Waals surface area contributed by atoms with Crippen molar-refractivity contribution in [1.82, 2.24) is 5.32 Å². The Balaban J connectivity index is 2.82. The second-order valence-corrected chi connectivity index (χ2v) is 5.04. The number of halogens is 2. The molecule has 1 atom stereocenters. The molecule has 0 bridgehead atoms. The smallest absolute Gasteiger partial charge is 0.252 e. The van der Waals surface area contributed by atoms with Gasteiger partial charge in [0.2, 0.25) is 0 Å². The Morgan fingerprint density at radius 3 is 2.65 bits per heavy atom. The van der Waals surface area contributed by atoms with Crippen LogP contribution >= 0.6 is 15.9 Å². The minimum atomic E-state index is -0.382. The van der Waals surface area contributed by atoms with E-state index in [0.717, 1.165) is 0 Å². The molecule has 0 aromatic heterocycles. The third-order valence-electron chi connectivity index (χ3n) is 2.55. The van der Waals surface area contributed by atoms with Crippen LogP contribution in [-0.4, -0.2) is 18.5 Å². The lowest BCUT2D eigenvalue weighted by Crippen LogP contribution is -2.43. The van der Waals surface area contributed by atoms with Gasteiger partial charge in [-0.15, -0.1) is 0 Å². The Kier molecular flexibility index (Phi) is 5.08. The molecule has 0 aliphatic carbocycles. The van der Waals surface area contributed by atoms with Gasteiger partial charge in [0.25, 0.3) is 5.91 Å². The average molecular weight is 303 g/mol. The van der Waals surface area contributed by atoms with E-state index in [0.29, 0.717) is 16.6 Å². The van der Waals surface area contributed by atoms with Crippen LogP contribution in [0.4, 0.5) is 4.39 Å². The van der Waals surface area contributed by atoms with Gasteiger partial charge in [-0.3, -0.25) is 4.79 Å². The van der Waals surface area contributed by atoms with E-state index < -0.39 is 0 Å². The third-order valence-corrected chi connectivity index (χ3v) is 3.21. The summed E-state index contributed by atoms with van der Waals surface area (Å²) in [5.41, 5.74) is 5.98. The van der Waals surface area contributed by atoms with Gasteiger partial charge in [-0.1, -0.05) is 13.8 Å². The second-order valence-electron chi connectivity index (χ2n) is 4.18. The highest BCUT2D eigenvalue weighted by molar-refractivity contribution is 9.10. The van der Waals surface area contributed by atoms with Gasteiger partial charge in [0.05, 0.1) is 5.56 Å². The number of benzene rings is 1. The van der Waals surface area contributed by atoms with Crippen molar-refractivity contribution >= 4 is 21.8 Å². The number of nitrogens with one attached hydrogen (secondary N) is 1. The van der Waals surface area contributed by atoms with Gasteiger partial charge in [-0.25, -0.2) is 4.39 Å². The monoisotopic (exact) mass is 302 g/mol. The lowest BCUT2D eigenvalue weighted by atomic mass is 10.0. The summed E-state index contributed by atoms with van der Waals surface area (Å²) in [6, 6.07) is 3.89. The molecule has 0 radical (unpaired) electrons. The molecule has 0 fully saturated rings. The summed E-state index contributed by atoms with van der Waals surface area (Å²) in [7, 11) is 0. The van der Waals surface area contributed by atoms with Gasteiger partial charge >= 0.3 is 0 Å². The fourth-order valence-corrected chi connectivity index (χ4v) is 1.95. The van der Waals surface area contributed by atoms with Crippen LogP contribution in [-0.2, 0) is 0 Å². The Bertz CT molecular complexity index is 409. The summed E-state index contributed by atoms with van der Waals surface area (Å²) in [6.45, 7) is 4.34. The molecular weight excluding hydrogens is 287 g/mol. The summed E-state index contributed by atoms with van der Waals surface area (Å²) < 4.78 is 13.3. The maximum Gasteiger partial charge on any atom is 0.252 e. The van der Waals surface area contributed by atoms with Gasteiger partial charge in [0.1, 0.15) is 5.82 Å². The molecule has 1 aromatic rings. The Morgan fingerprint density at radius 2 is 2.18 bits per heavy atom. The molecule has 0 aliphatic heterocycles. The number of carbonyl (C=O) groups is 1. The minimum Gasteiger partial charge on any atom is -0.348 e. The van der Waals surface area contributed by atoms with Gasteiger partial charge in [0.15, 0.2) is 0 Å². The maximum absolute atomic E-state index is 12.9. The van der Waals surface area contributed by atoms with E-state index >= 15 is 0 Å². The predicted molar refractivity (Wildman–Crippen MR) is 69.2 cm³/mol. The van der Waals surface area contributed by atoms with Gasteiger partial charge in [-0.05, 0) is 40.0 Å². The summed E-state index contributed by atoms with van der Waals surface area (Å²) >= 11 is 3.16. The fourth-order valence-electron chi connectivity index (χ4n) is 1.42. The van der Waals surface area contributed by atoms with E-state index in [-0.39, 0.29) is 23.7 Å². The Hall–Kier alpha value is -0.940. The van der Waals surface area contributed by atoms with E-state index in [1.54, 1.807) is 0 Å². The van der Waals surface area contributed by atoms with Crippen LogP contribution in [0.25, 0.3) is 0 Å². The topological polar surface area (TPSA) is 55.1 Å². The van der Waals surface area contributed by atoms with Crippen LogP contribution in [0.15, 0.2) is 22.7 Å². The van der Waals surface area contributed by atoms with Crippen LogP contribution in [0.3, 0.4) is 0 Å². The fraction of sp³-hybridized carbons (Fsp3) is 0.417. The first-order valence-corrected chi connectivity index (χ1v) is 6.21. The van der Waals surface area contributed by atoms with E-state index in [9.17, 15) is 9.18 Å². The number of rotatable bonds is 4. The molecule has 3 nitrogen and oxygen atoms in total. The van der Waals surface area contributed by atoms with Crippen molar-refractivity contribution in [3.63, 3.8) is 0 Å². The van der Waals surface area contributed by atoms with Crippen molar-refractivity contribution in [2.75, 3.05) is 6.54 Å². The highest BCUT2D eigenvalue weighted by atomic mass is 79.9. The molecular formula is C12H16BrFN2O. The molecule has 0 spiro atoms. The van der Waals surface area contributed by atoms with Crippen LogP contribution in [0.5, 0.6) is 0 Å². The second kappa shape index (κ2) is 6.12. The lowest BCUT2D eigenvalue weighted by Gasteiger charge is -2.20. The third kappa shape index (κ3) is 3.78. The first kappa shape index (κ1) is 14.1. The lowest BCUT2D eigenvalue weighted by molar-refractivity contribution is 0.0927. The first-order chi connectivity index (χ1) is 7.95. The molecule has 3 N–H and O–H groups in total. The quantitative estimate of drug-likeness (QED) is 0.897. The summed E-state index contributed by atoms with van der Waals surface area (Å²) in [5.74, 6) is -0.378. The molecule has 17 heavy (non-hydrogen) atoms. The number of amides is 1. The molecule has 1 amide bonds. The number of hydrogen-bond acceptors (Lipinski definition) is 2. The zero-order valence-electron chi connectivity index (χ0n) is 9.84. The van der Waals surface area contributed by atoms with Gasteiger partial charge < -0.3 is 11.1 Å². The highest BCUT2D eigenvalue weighted by Crippen LogP contribution is 2.18. The molecule has 0 heterocycles. The normalized spacial score (nSPS) is 12.6. The average Bonchev–Trinajstić information content (AvgIpc) is 2.24. The van der Waals surface area contributed by atoms with Gasteiger partial charge in [-0.2, -0.15) is 0 Å². The van der Waals surface area contributed by atoms with E-state index in [1.807, 2.05) is 13.8 Å². The number of hydrogen-bond donors (Lipinski definition) is 2. The van der Waals surface area contributed by atoms with E-state index in [2.05, 4.69) is 21.2 Å². The molecule has 1 aromatic carbocycles. The summed E-state index contributed by atoms with van der Waals surface area (Å²) in [6.07, 6.45) is 0. The van der Waals surface area contributed by atoms with E-state index in [4.69, 9.17) is 5.73 Å². The molecule has 1 rings (SSSR count). The zero-order chi connectivity index (χ0) is 13.0. The van der Waals surface area contributed by atoms with Crippen LogP contribution < -0.4 is 11.1 Å².